The molecule has 0 saturated heterocycles. The molecule has 184 valence electrons. The van der Waals surface area contributed by atoms with Crippen molar-refractivity contribution in [3.8, 4) is 11.3 Å². The number of anilines is 3. The fraction of sp³-hybridized carbons (Fsp3) is 0.0833. The maximum Gasteiger partial charge on any atom is 0.416 e. The molecule has 7 nitrogen and oxygen atoms in total. The van der Waals surface area contributed by atoms with Crippen LogP contribution in [0.15, 0.2) is 83.0 Å². The smallest absolute Gasteiger partial charge is 0.357 e. The number of hydrogen-bond acceptors (Lipinski definition) is 6. The van der Waals surface area contributed by atoms with Crippen LogP contribution in [0.5, 0.6) is 0 Å². The molecule has 36 heavy (non-hydrogen) atoms. The van der Waals surface area contributed by atoms with Gasteiger partial charge in [0.15, 0.2) is 0 Å². The minimum atomic E-state index is -4.55. The lowest BCUT2D eigenvalue weighted by Gasteiger charge is -2.13. The van der Waals surface area contributed by atoms with E-state index >= 15 is 0 Å². The van der Waals surface area contributed by atoms with Gasteiger partial charge in [-0.15, -0.1) is 0 Å². The number of amides is 2. The van der Waals surface area contributed by atoms with Gasteiger partial charge in [0, 0.05) is 35.6 Å². The van der Waals surface area contributed by atoms with Crippen molar-refractivity contribution in [1.29, 1.82) is 0 Å². The molecular formula is C24H18ClF3N6OS. The first kappa shape index (κ1) is 25.3. The van der Waals surface area contributed by atoms with Crippen LogP contribution in [-0.2, 0) is 6.18 Å². The van der Waals surface area contributed by atoms with Crippen molar-refractivity contribution in [3.05, 3.63) is 83.6 Å². The number of hydrogen-bond donors (Lipinski definition) is 3. The molecule has 0 radical (unpaired) electrons. The third kappa shape index (κ3) is 6.23. The number of rotatable bonds is 6. The number of nitrogens with zero attached hydrogens (tertiary/aromatic N) is 3. The van der Waals surface area contributed by atoms with Gasteiger partial charge in [-0.05, 0) is 60.7 Å². The SMILES string of the molecule is CNc1nccc(-c2cccnc2Sc2ccc(NC(=O)Nc3cc(C(F)(F)F)ccc3Cl)cc2)n1. The van der Waals surface area contributed by atoms with E-state index in [4.69, 9.17) is 11.6 Å². The zero-order chi connectivity index (χ0) is 25.7. The van der Waals surface area contributed by atoms with Gasteiger partial charge in [0.2, 0.25) is 5.95 Å². The monoisotopic (exact) mass is 530 g/mol. The zero-order valence-electron chi connectivity index (χ0n) is 18.6. The van der Waals surface area contributed by atoms with Crippen LogP contribution in [0.25, 0.3) is 11.3 Å². The molecule has 3 N–H and O–H groups in total. The first-order valence-electron chi connectivity index (χ1n) is 10.4. The standard InChI is InChI=1S/C24H18ClF3N6OS/c1-29-22-31-12-10-19(33-22)17-3-2-11-30-21(17)36-16-7-5-15(6-8-16)32-23(35)34-20-13-14(24(26,27)28)4-9-18(20)25/h2-13H,1H3,(H,29,31,33)(H2,32,34,35). The van der Waals surface area contributed by atoms with Gasteiger partial charge in [0.05, 0.1) is 22.0 Å². The van der Waals surface area contributed by atoms with Crippen LogP contribution in [0.1, 0.15) is 5.56 Å². The molecule has 4 rings (SSSR count). The van der Waals surface area contributed by atoms with Gasteiger partial charge < -0.3 is 16.0 Å². The summed E-state index contributed by atoms with van der Waals surface area (Å²) in [7, 11) is 1.74. The van der Waals surface area contributed by atoms with Crippen molar-refractivity contribution in [1.82, 2.24) is 15.0 Å². The maximum absolute atomic E-state index is 12.9. The van der Waals surface area contributed by atoms with Gasteiger partial charge in [0.25, 0.3) is 0 Å². The molecule has 0 bridgehead atoms. The van der Waals surface area contributed by atoms with Crippen LogP contribution < -0.4 is 16.0 Å². The van der Waals surface area contributed by atoms with Crippen molar-refractivity contribution < 1.29 is 18.0 Å². The van der Waals surface area contributed by atoms with Crippen LogP contribution >= 0.6 is 23.4 Å². The largest absolute Gasteiger partial charge is 0.416 e. The van der Waals surface area contributed by atoms with E-state index in [1.165, 1.54) is 11.8 Å². The maximum atomic E-state index is 12.9. The molecule has 0 aliphatic carbocycles. The van der Waals surface area contributed by atoms with E-state index < -0.39 is 17.8 Å². The van der Waals surface area contributed by atoms with Crippen LogP contribution in [-0.4, -0.2) is 28.0 Å². The summed E-state index contributed by atoms with van der Waals surface area (Å²) in [5.41, 5.74) is 0.927. The highest BCUT2D eigenvalue weighted by atomic mass is 35.5. The molecular weight excluding hydrogens is 513 g/mol. The number of nitrogens with one attached hydrogen (secondary N) is 3. The van der Waals surface area contributed by atoms with E-state index in [0.29, 0.717) is 17.3 Å². The summed E-state index contributed by atoms with van der Waals surface area (Å²) in [5.74, 6) is 0.493. The van der Waals surface area contributed by atoms with Crippen molar-refractivity contribution in [3.63, 3.8) is 0 Å². The lowest BCUT2D eigenvalue weighted by molar-refractivity contribution is -0.137. The predicted octanol–water partition coefficient (Wildman–Crippen LogP) is 7.05. The van der Waals surface area contributed by atoms with Crippen LogP contribution in [0.4, 0.5) is 35.3 Å². The molecule has 2 heterocycles. The van der Waals surface area contributed by atoms with E-state index in [9.17, 15) is 18.0 Å². The molecule has 0 aliphatic heterocycles. The molecule has 0 saturated carbocycles. The molecule has 0 atom stereocenters. The minimum Gasteiger partial charge on any atom is -0.357 e. The number of benzene rings is 2. The average Bonchev–Trinajstić information content (AvgIpc) is 2.86. The molecule has 0 fully saturated rings. The molecule has 2 aromatic carbocycles. The minimum absolute atomic E-state index is 0.0124. The van der Waals surface area contributed by atoms with Gasteiger partial charge in [0.1, 0.15) is 5.03 Å². The lowest BCUT2D eigenvalue weighted by Crippen LogP contribution is -2.20. The van der Waals surface area contributed by atoms with E-state index in [2.05, 4.69) is 30.9 Å². The van der Waals surface area contributed by atoms with Crippen molar-refractivity contribution in [2.24, 2.45) is 0 Å². The van der Waals surface area contributed by atoms with Crippen molar-refractivity contribution >= 4 is 46.7 Å². The molecule has 2 aromatic heterocycles. The molecule has 0 spiro atoms. The van der Waals surface area contributed by atoms with Crippen molar-refractivity contribution in [2.45, 2.75) is 16.1 Å². The van der Waals surface area contributed by atoms with Crippen molar-refractivity contribution in [2.75, 3.05) is 23.0 Å². The lowest BCUT2D eigenvalue weighted by atomic mass is 10.2. The fourth-order valence-corrected chi connectivity index (χ4v) is 4.15. The molecule has 2 amide bonds. The van der Waals surface area contributed by atoms with Gasteiger partial charge in [-0.2, -0.15) is 13.2 Å². The molecule has 0 unspecified atom stereocenters. The highest BCUT2D eigenvalue weighted by Crippen LogP contribution is 2.35. The zero-order valence-corrected chi connectivity index (χ0v) is 20.2. The van der Waals surface area contributed by atoms with E-state index in [1.54, 1.807) is 49.8 Å². The Kier molecular flexibility index (Phi) is 7.61. The second-order valence-corrected chi connectivity index (χ2v) is 8.74. The second-order valence-electron chi connectivity index (χ2n) is 7.27. The average molecular weight is 531 g/mol. The number of carbonyl (C=O) groups is 1. The van der Waals surface area contributed by atoms with Crippen LogP contribution in [0, 0.1) is 0 Å². The Labute approximate surface area is 213 Å². The first-order valence-corrected chi connectivity index (χ1v) is 11.6. The summed E-state index contributed by atoms with van der Waals surface area (Å²) in [6.45, 7) is 0. The summed E-state index contributed by atoms with van der Waals surface area (Å²) < 4.78 is 38.8. The third-order valence-corrected chi connectivity index (χ3v) is 6.15. The normalized spacial score (nSPS) is 11.1. The Morgan fingerprint density at radius 3 is 2.47 bits per heavy atom. The van der Waals surface area contributed by atoms with Gasteiger partial charge in [-0.25, -0.2) is 19.7 Å². The summed E-state index contributed by atoms with van der Waals surface area (Å²) in [5, 5.41) is 8.55. The van der Waals surface area contributed by atoms with E-state index in [1.807, 2.05) is 12.1 Å². The number of pyridine rings is 1. The quantitative estimate of drug-likeness (QED) is 0.247. The summed E-state index contributed by atoms with van der Waals surface area (Å²) in [4.78, 5) is 26.2. The topological polar surface area (TPSA) is 91.8 Å². The number of halogens is 4. The Hall–Kier alpha value is -3.83. The first-order chi connectivity index (χ1) is 17.2. The van der Waals surface area contributed by atoms with E-state index in [0.717, 1.165) is 33.7 Å². The highest BCUT2D eigenvalue weighted by molar-refractivity contribution is 7.99. The number of urea groups is 1. The van der Waals surface area contributed by atoms with Gasteiger partial charge in [-0.3, -0.25) is 0 Å². The van der Waals surface area contributed by atoms with Crippen LogP contribution in [0.2, 0.25) is 5.02 Å². The van der Waals surface area contributed by atoms with Gasteiger partial charge >= 0.3 is 12.2 Å². The van der Waals surface area contributed by atoms with E-state index in [-0.39, 0.29) is 10.7 Å². The summed E-state index contributed by atoms with van der Waals surface area (Å²) in [6, 6.07) is 14.4. The number of alkyl halides is 3. The highest BCUT2D eigenvalue weighted by Gasteiger charge is 2.31. The number of aromatic nitrogens is 3. The second kappa shape index (κ2) is 10.8. The Balaban J connectivity index is 1.44. The molecule has 0 aliphatic rings. The van der Waals surface area contributed by atoms with Gasteiger partial charge in [-0.1, -0.05) is 23.4 Å². The molecule has 4 aromatic rings. The summed E-state index contributed by atoms with van der Waals surface area (Å²) in [6.07, 6.45) is -1.21. The predicted molar refractivity (Wildman–Crippen MR) is 134 cm³/mol. The Morgan fingerprint density at radius 1 is 0.972 bits per heavy atom. The summed E-state index contributed by atoms with van der Waals surface area (Å²) >= 11 is 7.35. The third-order valence-electron chi connectivity index (χ3n) is 4.79. The Morgan fingerprint density at radius 2 is 1.75 bits per heavy atom. The molecule has 12 heteroatoms. The number of carbonyl (C=O) groups excluding carboxylic acids is 1. The Bertz CT molecular complexity index is 1390. The van der Waals surface area contributed by atoms with Crippen LogP contribution in [0.3, 0.4) is 0 Å². The fourth-order valence-electron chi connectivity index (χ4n) is 3.10.